The van der Waals surface area contributed by atoms with E-state index in [1.165, 1.54) is 6.20 Å². The van der Waals surface area contributed by atoms with Crippen molar-refractivity contribution in [3.63, 3.8) is 0 Å². The molecule has 0 bridgehead atoms. The molecule has 6 nitrogen and oxygen atoms in total. The largest absolute Gasteiger partial charge is 0.475 e. The average Bonchev–Trinajstić information content (AvgIpc) is 2.30. The van der Waals surface area contributed by atoms with Crippen molar-refractivity contribution in [1.29, 1.82) is 0 Å². The summed E-state index contributed by atoms with van der Waals surface area (Å²) in [6, 6.07) is 1.60. The fraction of sp³-hybridized carbons (Fsp3) is 0.300. The Morgan fingerprint density at radius 2 is 2.44 bits per heavy atom. The Morgan fingerprint density at radius 3 is 3.12 bits per heavy atom. The highest BCUT2D eigenvalue weighted by Crippen LogP contribution is 2.07. The summed E-state index contributed by atoms with van der Waals surface area (Å²) in [5.74, 6) is 0.195. The van der Waals surface area contributed by atoms with Gasteiger partial charge in [-0.25, -0.2) is 4.98 Å². The van der Waals surface area contributed by atoms with Gasteiger partial charge in [-0.15, -0.1) is 0 Å². The molecule has 0 aliphatic carbocycles. The molecule has 0 spiro atoms. The average molecular weight is 223 g/mol. The molecule has 0 saturated carbocycles. The third-order valence-corrected chi connectivity index (χ3v) is 1.59. The van der Waals surface area contributed by atoms with E-state index in [0.29, 0.717) is 19.1 Å². The lowest BCUT2D eigenvalue weighted by atomic mass is 10.5. The van der Waals surface area contributed by atoms with Gasteiger partial charge in [-0.3, -0.25) is 10.1 Å². The van der Waals surface area contributed by atoms with E-state index in [2.05, 4.69) is 21.9 Å². The van der Waals surface area contributed by atoms with Gasteiger partial charge in [0.15, 0.2) is 0 Å². The number of hydrogen-bond acceptors (Lipinski definition) is 5. The van der Waals surface area contributed by atoms with Crippen molar-refractivity contribution in [2.45, 2.75) is 0 Å². The zero-order valence-corrected chi connectivity index (χ0v) is 8.97. The quantitative estimate of drug-likeness (QED) is 0.565. The van der Waals surface area contributed by atoms with Gasteiger partial charge in [0.25, 0.3) is 0 Å². The van der Waals surface area contributed by atoms with Crippen LogP contribution >= 0.6 is 0 Å². The maximum atomic E-state index is 11.0. The van der Waals surface area contributed by atoms with Crippen molar-refractivity contribution in [1.82, 2.24) is 9.97 Å². The van der Waals surface area contributed by atoms with E-state index in [1.807, 2.05) is 0 Å². The maximum absolute atomic E-state index is 11.0. The predicted molar refractivity (Wildman–Crippen MR) is 58.2 cm³/mol. The van der Waals surface area contributed by atoms with Crippen LogP contribution in [0.25, 0.3) is 0 Å². The molecule has 86 valence electrons. The second kappa shape index (κ2) is 6.52. The molecule has 0 atom stereocenters. The molecule has 1 heterocycles. The van der Waals surface area contributed by atoms with Crippen molar-refractivity contribution < 1.29 is 14.3 Å². The third-order valence-electron chi connectivity index (χ3n) is 1.59. The summed E-state index contributed by atoms with van der Waals surface area (Å²) in [6.45, 7) is 4.19. The highest BCUT2D eigenvalue weighted by Gasteiger charge is 2.02. The number of hydrogen-bond donors (Lipinski definition) is 1. The molecule has 6 heteroatoms. The van der Waals surface area contributed by atoms with E-state index in [9.17, 15) is 4.79 Å². The van der Waals surface area contributed by atoms with Crippen LogP contribution in [0.15, 0.2) is 24.9 Å². The van der Waals surface area contributed by atoms with E-state index in [4.69, 9.17) is 9.47 Å². The smallest absolute Gasteiger partial charge is 0.250 e. The van der Waals surface area contributed by atoms with E-state index in [0.717, 1.165) is 6.08 Å². The van der Waals surface area contributed by atoms with Gasteiger partial charge in [-0.05, 0) is 6.08 Å². The molecule has 16 heavy (non-hydrogen) atoms. The number of amides is 1. The predicted octanol–water partition coefficient (Wildman–Crippen LogP) is 0.626. The Hall–Kier alpha value is -1.95. The number of nitrogens with one attached hydrogen (secondary N) is 1. The fourth-order valence-corrected chi connectivity index (χ4v) is 0.874. The summed E-state index contributed by atoms with van der Waals surface area (Å²) in [6.07, 6.45) is 2.63. The summed E-state index contributed by atoms with van der Waals surface area (Å²) >= 11 is 0. The first kappa shape index (κ1) is 12.1. The fourth-order valence-electron chi connectivity index (χ4n) is 0.874. The Morgan fingerprint density at radius 1 is 1.62 bits per heavy atom. The van der Waals surface area contributed by atoms with Gasteiger partial charge in [0.1, 0.15) is 6.61 Å². The summed E-state index contributed by atoms with van der Waals surface area (Å²) in [4.78, 5) is 18.8. The van der Waals surface area contributed by atoms with Gasteiger partial charge in [-0.2, -0.15) is 4.98 Å². The van der Waals surface area contributed by atoms with Gasteiger partial charge in [-0.1, -0.05) is 6.58 Å². The lowest BCUT2D eigenvalue weighted by molar-refractivity contribution is -0.111. The van der Waals surface area contributed by atoms with Crippen molar-refractivity contribution in [3.05, 3.63) is 24.9 Å². The molecule has 1 N–H and O–H groups in total. The number of ether oxygens (including phenoxy) is 2. The van der Waals surface area contributed by atoms with Crippen LogP contribution in [0.2, 0.25) is 0 Å². The first-order chi connectivity index (χ1) is 7.76. The number of rotatable bonds is 6. The highest BCUT2D eigenvalue weighted by atomic mass is 16.5. The van der Waals surface area contributed by atoms with Gasteiger partial charge >= 0.3 is 0 Å². The number of anilines is 1. The van der Waals surface area contributed by atoms with Gasteiger partial charge in [0.2, 0.25) is 17.7 Å². The van der Waals surface area contributed by atoms with E-state index >= 15 is 0 Å². The summed E-state index contributed by atoms with van der Waals surface area (Å²) in [7, 11) is 1.58. The maximum Gasteiger partial charge on any atom is 0.250 e. The Kier molecular flexibility index (Phi) is 4.94. The number of aromatic nitrogens is 2. The molecule has 0 fully saturated rings. The monoisotopic (exact) mass is 223 g/mol. The minimum absolute atomic E-state index is 0.180. The van der Waals surface area contributed by atoms with Crippen LogP contribution in [0, 0.1) is 0 Å². The third kappa shape index (κ3) is 4.05. The summed E-state index contributed by atoms with van der Waals surface area (Å²) < 4.78 is 10.1. The first-order valence-corrected chi connectivity index (χ1v) is 4.64. The summed E-state index contributed by atoms with van der Waals surface area (Å²) in [5, 5.41) is 2.43. The molecule has 0 aromatic carbocycles. The molecule has 1 aromatic rings. The molecule has 0 radical (unpaired) electrons. The van der Waals surface area contributed by atoms with Gasteiger partial charge in [0.05, 0.1) is 6.61 Å². The van der Waals surface area contributed by atoms with Crippen LogP contribution in [-0.4, -0.2) is 36.2 Å². The second-order valence-corrected chi connectivity index (χ2v) is 2.75. The molecular weight excluding hydrogens is 210 g/mol. The SMILES string of the molecule is C=CC(=O)Nc1nccc(OCCOC)n1. The van der Waals surface area contributed by atoms with Crippen LogP contribution in [0.3, 0.4) is 0 Å². The van der Waals surface area contributed by atoms with Crippen molar-refractivity contribution in [3.8, 4) is 5.88 Å². The van der Waals surface area contributed by atoms with E-state index in [-0.39, 0.29) is 11.9 Å². The van der Waals surface area contributed by atoms with Crippen LogP contribution in [0.4, 0.5) is 5.95 Å². The molecule has 0 saturated heterocycles. The molecule has 1 aromatic heterocycles. The Balaban J connectivity index is 2.56. The minimum atomic E-state index is -0.367. The highest BCUT2D eigenvalue weighted by molar-refractivity contribution is 5.97. The topological polar surface area (TPSA) is 73.3 Å². The Bertz CT molecular complexity index is 368. The van der Waals surface area contributed by atoms with Gasteiger partial charge < -0.3 is 9.47 Å². The molecule has 0 aliphatic rings. The first-order valence-electron chi connectivity index (χ1n) is 4.64. The zero-order chi connectivity index (χ0) is 11.8. The van der Waals surface area contributed by atoms with E-state index < -0.39 is 0 Å². The number of methoxy groups -OCH3 is 1. The van der Waals surface area contributed by atoms with Crippen LogP contribution in [-0.2, 0) is 9.53 Å². The van der Waals surface area contributed by atoms with Crippen molar-refractivity contribution in [2.75, 3.05) is 25.6 Å². The van der Waals surface area contributed by atoms with Crippen molar-refractivity contribution in [2.24, 2.45) is 0 Å². The van der Waals surface area contributed by atoms with Crippen LogP contribution in [0.5, 0.6) is 5.88 Å². The minimum Gasteiger partial charge on any atom is -0.475 e. The normalized spacial score (nSPS) is 9.56. The van der Waals surface area contributed by atoms with Crippen LogP contribution < -0.4 is 10.1 Å². The number of carbonyl (C=O) groups excluding carboxylic acids is 1. The lowest BCUT2D eigenvalue weighted by Gasteiger charge is -2.05. The molecule has 1 amide bonds. The molecule has 1 rings (SSSR count). The standard InChI is InChI=1S/C10H13N3O3/c1-3-8(14)12-10-11-5-4-9(13-10)16-7-6-15-2/h3-5H,1,6-7H2,2H3,(H,11,12,13,14). The Labute approximate surface area is 93.3 Å². The zero-order valence-electron chi connectivity index (χ0n) is 8.97. The summed E-state index contributed by atoms with van der Waals surface area (Å²) in [5.41, 5.74) is 0. The molecule has 0 aliphatic heterocycles. The number of carbonyl (C=O) groups is 1. The second-order valence-electron chi connectivity index (χ2n) is 2.75. The number of nitrogens with zero attached hydrogens (tertiary/aromatic N) is 2. The molecular formula is C10H13N3O3. The van der Waals surface area contributed by atoms with Crippen LogP contribution in [0.1, 0.15) is 0 Å². The van der Waals surface area contributed by atoms with E-state index in [1.54, 1.807) is 13.2 Å². The molecule has 0 unspecified atom stereocenters. The lowest BCUT2D eigenvalue weighted by Crippen LogP contribution is -2.11. The van der Waals surface area contributed by atoms with Gasteiger partial charge in [0, 0.05) is 19.4 Å². The van der Waals surface area contributed by atoms with Crippen molar-refractivity contribution >= 4 is 11.9 Å².